The van der Waals surface area contributed by atoms with E-state index in [1.165, 1.54) is 4.90 Å². The molecule has 2 fully saturated rings. The molecular formula is C13H24N4O6S. The molecule has 0 saturated carbocycles. The van der Waals surface area contributed by atoms with Gasteiger partial charge in [-0.2, -0.15) is 13.5 Å². The van der Waals surface area contributed by atoms with Crippen LogP contribution in [0.25, 0.3) is 0 Å². The van der Waals surface area contributed by atoms with E-state index in [2.05, 4.69) is 14.9 Å². The Hall–Kier alpha value is -1.43. The minimum atomic E-state index is -4.80. The summed E-state index contributed by atoms with van der Waals surface area (Å²) >= 11 is 0. The second-order valence-electron chi connectivity index (χ2n) is 6.07. The number of rotatable bonds is 6. The zero-order valence-electron chi connectivity index (χ0n) is 13.8. The molecule has 0 aliphatic carbocycles. The summed E-state index contributed by atoms with van der Waals surface area (Å²) < 4.78 is 34.8. The van der Waals surface area contributed by atoms with Gasteiger partial charge in [-0.05, 0) is 39.3 Å². The number of nitrogens with one attached hydrogen (secondary N) is 2. The van der Waals surface area contributed by atoms with E-state index in [0.29, 0.717) is 11.5 Å². The second kappa shape index (κ2) is 7.64. The molecule has 0 spiro atoms. The lowest BCUT2D eigenvalue weighted by atomic mass is 10.1. The van der Waals surface area contributed by atoms with E-state index in [-0.39, 0.29) is 18.5 Å². The quantitative estimate of drug-likeness (QED) is 0.542. The van der Waals surface area contributed by atoms with Crippen LogP contribution in [0, 0.1) is 0 Å². The summed E-state index contributed by atoms with van der Waals surface area (Å²) in [7, 11) is -4.80. The summed E-state index contributed by atoms with van der Waals surface area (Å²) in [6.07, 6.45) is 2.03. The Kier molecular flexibility index (Phi) is 6.01. The second-order valence-corrected chi connectivity index (χ2v) is 7.07. The predicted octanol–water partition coefficient (Wildman–Crippen LogP) is -0.506. The first kappa shape index (κ1) is 18.9. The zero-order chi connectivity index (χ0) is 17.9. The van der Waals surface area contributed by atoms with Gasteiger partial charge in [-0.1, -0.05) is 6.92 Å². The number of carbonyl (C=O) groups is 2. The maximum atomic E-state index is 12.5. The smallest absolute Gasteiger partial charge is 0.351 e. The van der Waals surface area contributed by atoms with Crippen molar-refractivity contribution in [1.29, 1.82) is 0 Å². The van der Waals surface area contributed by atoms with Crippen LogP contribution in [0.2, 0.25) is 0 Å². The summed E-state index contributed by atoms with van der Waals surface area (Å²) in [6, 6.07) is -2.02. The van der Waals surface area contributed by atoms with Gasteiger partial charge >= 0.3 is 16.4 Å². The summed E-state index contributed by atoms with van der Waals surface area (Å²) in [5.74, 6) is -0.265. The number of carbonyl (C=O) groups excluding carboxylic acids is 2. The van der Waals surface area contributed by atoms with E-state index < -0.39 is 28.5 Å². The lowest BCUT2D eigenvalue weighted by molar-refractivity contribution is -0.126. The van der Waals surface area contributed by atoms with Crippen LogP contribution in [0.4, 0.5) is 4.79 Å². The standard InChI is InChI=1S/C13H24N4O6S/c1-3-11(12(18)15-10-4-6-14-7-5-10)16-8-9(2)17(13(16)19)23-24(20,21)22/h9-11,14H,3-8H2,1-2H3,(H,15,18)(H,20,21,22). The Morgan fingerprint density at radius 1 is 1.46 bits per heavy atom. The molecule has 2 unspecified atom stereocenters. The van der Waals surface area contributed by atoms with Gasteiger partial charge in [0, 0.05) is 12.6 Å². The summed E-state index contributed by atoms with van der Waals surface area (Å²) in [6.45, 7) is 5.14. The third-order valence-corrected chi connectivity index (χ3v) is 4.57. The van der Waals surface area contributed by atoms with Crippen LogP contribution >= 0.6 is 0 Å². The van der Waals surface area contributed by atoms with E-state index >= 15 is 0 Å². The Morgan fingerprint density at radius 2 is 2.08 bits per heavy atom. The van der Waals surface area contributed by atoms with Crippen LogP contribution < -0.4 is 10.6 Å². The molecule has 2 saturated heterocycles. The molecule has 0 radical (unpaired) electrons. The summed E-state index contributed by atoms with van der Waals surface area (Å²) in [5.41, 5.74) is 0. The van der Waals surface area contributed by atoms with Gasteiger partial charge in [-0.3, -0.25) is 9.35 Å². The van der Waals surface area contributed by atoms with Crippen LogP contribution in [0.5, 0.6) is 0 Å². The van der Waals surface area contributed by atoms with E-state index in [0.717, 1.165) is 25.9 Å². The number of piperidine rings is 1. The van der Waals surface area contributed by atoms with E-state index in [9.17, 15) is 18.0 Å². The van der Waals surface area contributed by atoms with E-state index in [1.54, 1.807) is 13.8 Å². The molecule has 2 atom stereocenters. The van der Waals surface area contributed by atoms with Gasteiger partial charge in [-0.15, -0.1) is 4.28 Å². The van der Waals surface area contributed by atoms with Gasteiger partial charge in [0.2, 0.25) is 5.91 Å². The van der Waals surface area contributed by atoms with Gasteiger partial charge in [-0.25, -0.2) is 4.79 Å². The topological polar surface area (TPSA) is 128 Å². The first-order chi connectivity index (χ1) is 11.2. The predicted molar refractivity (Wildman–Crippen MR) is 84.2 cm³/mol. The van der Waals surface area contributed by atoms with Crippen molar-refractivity contribution < 1.29 is 26.8 Å². The molecule has 0 bridgehead atoms. The van der Waals surface area contributed by atoms with Crippen LogP contribution in [0.3, 0.4) is 0 Å². The zero-order valence-corrected chi connectivity index (χ0v) is 14.6. The molecule has 2 rings (SSSR count). The molecule has 2 aliphatic rings. The third kappa shape index (κ3) is 4.56. The molecule has 24 heavy (non-hydrogen) atoms. The van der Waals surface area contributed by atoms with Crippen molar-refractivity contribution in [2.45, 2.75) is 51.2 Å². The molecule has 138 valence electrons. The molecule has 2 heterocycles. The van der Waals surface area contributed by atoms with Gasteiger partial charge in [0.05, 0.1) is 6.04 Å². The molecule has 11 heteroatoms. The average molecular weight is 364 g/mol. The highest BCUT2D eigenvalue weighted by Gasteiger charge is 2.43. The molecule has 3 N–H and O–H groups in total. The third-order valence-electron chi connectivity index (χ3n) is 4.22. The molecule has 0 aromatic heterocycles. The Labute approximate surface area is 141 Å². The minimum Gasteiger partial charge on any atom is -0.351 e. The molecular weight excluding hydrogens is 340 g/mol. The number of amides is 3. The lowest BCUT2D eigenvalue weighted by Crippen LogP contribution is -2.52. The van der Waals surface area contributed by atoms with Crippen molar-refractivity contribution in [3.8, 4) is 0 Å². The fourth-order valence-corrected chi connectivity index (χ4v) is 3.44. The van der Waals surface area contributed by atoms with Gasteiger partial charge in [0.15, 0.2) is 0 Å². The lowest BCUT2D eigenvalue weighted by Gasteiger charge is -2.29. The summed E-state index contributed by atoms with van der Waals surface area (Å²) in [5, 5.41) is 6.73. The van der Waals surface area contributed by atoms with Gasteiger partial charge < -0.3 is 15.5 Å². The fourth-order valence-electron chi connectivity index (χ4n) is 3.03. The van der Waals surface area contributed by atoms with Crippen molar-refractivity contribution >= 4 is 22.3 Å². The Bertz CT molecular complexity index is 577. The Morgan fingerprint density at radius 3 is 2.62 bits per heavy atom. The number of hydrogen-bond acceptors (Lipinski definition) is 6. The minimum absolute atomic E-state index is 0.0631. The van der Waals surface area contributed by atoms with Crippen LogP contribution in [0.1, 0.15) is 33.1 Å². The molecule has 2 aliphatic heterocycles. The fraction of sp³-hybridized carbons (Fsp3) is 0.846. The van der Waals surface area contributed by atoms with Crippen LogP contribution in [0.15, 0.2) is 0 Å². The maximum Gasteiger partial charge on any atom is 0.418 e. The highest BCUT2D eigenvalue weighted by atomic mass is 32.3. The normalized spacial score (nSPS) is 24.3. The monoisotopic (exact) mass is 364 g/mol. The highest BCUT2D eigenvalue weighted by Crippen LogP contribution is 2.22. The number of nitrogens with zero attached hydrogens (tertiary/aromatic N) is 2. The van der Waals surface area contributed by atoms with Gasteiger partial charge in [0.1, 0.15) is 6.04 Å². The first-order valence-electron chi connectivity index (χ1n) is 8.01. The van der Waals surface area contributed by atoms with Crippen molar-refractivity contribution in [2.24, 2.45) is 0 Å². The van der Waals surface area contributed by atoms with E-state index in [1.807, 2.05) is 0 Å². The number of hydrogen-bond donors (Lipinski definition) is 3. The van der Waals surface area contributed by atoms with Crippen LogP contribution in [-0.4, -0.2) is 72.6 Å². The average Bonchev–Trinajstić information content (AvgIpc) is 2.76. The van der Waals surface area contributed by atoms with Crippen molar-refractivity contribution in [3.63, 3.8) is 0 Å². The molecule has 10 nitrogen and oxygen atoms in total. The number of urea groups is 1. The van der Waals surface area contributed by atoms with Crippen molar-refractivity contribution in [2.75, 3.05) is 19.6 Å². The highest BCUT2D eigenvalue weighted by molar-refractivity contribution is 7.80. The Balaban J connectivity index is 2.04. The van der Waals surface area contributed by atoms with Crippen molar-refractivity contribution in [3.05, 3.63) is 0 Å². The van der Waals surface area contributed by atoms with Crippen LogP contribution in [-0.2, 0) is 19.5 Å². The molecule has 3 amide bonds. The van der Waals surface area contributed by atoms with Gasteiger partial charge in [0.25, 0.3) is 0 Å². The maximum absolute atomic E-state index is 12.5. The van der Waals surface area contributed by atoms with Crippen molar-refractivity contribution in [1.82, 2.24) is 20.6 Å². The largest absolute Gasteiger partial charge is 0.418 e. The SMILES string of the molecule is CCC(C(=O)NC1CCNCC1)N1CC(C)N(OS(=O)(=O)O)C1=O. The summed E-state index contributed by atoms with van der Waals surface area (Å²) in [4.78, 5) is 26.1. The molecule has 0 aromatic rings. The number of hydroxylamine groups is 2. The molecule has 0 aromatic carbocycles. The van der Waals surface area contributed by atoms with E-state index in [4.69, 9.17) is 4.55 Å². The first-order valence-corrected chi connectivity index (χ1v) is 9.37.